The standard InChI is InChI=1S/C22H23NO4/c1-2-3-4-8-13-23-20(24)18-12-11-17(14-19(18)21(23)25)22(26)27-15-16-9-6-5-7-10-16/h5-7,9-12,14H,2-4,8,13,15H2,1H3. The van der Waals surface area contributed by atoms with E-state index in [2.05, 4.69) is 6.92 Å². The molecule has 0 unspecified atom stereocenters. The minimum atomic E-state index is -0.511. The topological polar surface area (TPSA) is 63.7 Å². The Hall–Kier alpha value is -2.95. The highest BCUT2D eigenvalue weighted by Gasteiger charge is 2.35. The van der Waals surface area contributed by atoms with Crippen molar-refractivity contribution in [1.29, 1.82) is 0 Å². The third-order valence-corrected chi connectivity index (χ3v) is 4.65. The van der Waals surface area contributed by atoms with Crippen LogP contribution < -0.4 is 0 Å². The van der Waals surface area contributed by atoms with Gasteiger partial charge in [-0.3, -0.25) is 14.5 Å². The number of hydrogen-bond acceptors (Lipinski definition) is 4. The van der Waals surface area contributed by atoms with Gasteiger partial charge in [-0.05, 0) is 30.2 Å². The Morgan fingerprint density at radius 1 is 0.926 bits per heavy atom. The number of benzene rings is 2. The molecule has 140 valence electrons. The molecule has 5 nitrogen and oxygen atoms in total. The molecular weight excluding hydrogens is 342 g/mol. The molecule has 0 bridgehead atoms. The van der Waals surface area contributed by atoms with E-state index in [4.69, 9.17) is 4.74 Å². The van der Waals surface area contributed by atoms with Crippen LogP contribution in [0.4, 0.5) is 0 Å². The average molecular weight is 365 g/mol. The zero-order chi connectivity index (χ0) is 19.2. The molecule has 0 saturated carbocycles. The zero-order valence-corrected chi connectivity index (χ0v) is 15.4. The normalized spacial score (nSPS) is 13.0. The molecule has 2 aromatic rings. The number of hydrogen-bond donors (Lipinski definition) is 0. The molecule has 1 heterocycles. The van der Waals surface area contributed by atoms with E-state index in [1.165, 1.54) is 17.0 Å². The highest BCUT2D eigenvalue weighted by atomic mass is 16.5. The van der Waals surface area contributed by atoms with Crippen LogP contribution in [0.2, 0.25) is 0 Å². The summed E-state index contributed by atoms with van der Waals surface area (Å²) in [6.07, 6.45) is 3.96. The molecule has 1 aliphatic rings. The van der Waals surface area contributed by atoms with Crippen LogP contribution in [0.15, 0.2) is 48.5 Å². The van der Waals surface area contributed by atoms with Crippen LogP contribution in [0.25, 0.3) is 0 Å². The van der Waals surface area contributed by atoms with Crippen molar-refractivity contribution in [3.8, 4) is 0 Å². The lowest BCUT2D eigenvalue weighted by Crippen LogP contribution is -2.30. The first kappa shape index (κ1) is 18.8. The summed E-state index contributed by atoms with van der Waals surface area (Å²) in [4.78, 5) is 38.6. The Bertz CT molecular complexity index is 845. The minimum absolute atomic E-state index is 0.160. The van der Waals surface area contributed by atoms with E-state index >= 15 is 0 Å². The summed E-state index contributed by atoms with van der Waals surface area (Å²) in [7, 11) is 0. The number of amides is 2. The molecule has 0 radical (unpaired) electrons. The molecule has 0 aliphatic carbocycles. The van der Waals surface area contributed by atoms with E-state index in [9.17, 15) is 14.4 Å². The maximum absolute atomic E-state index is 12.6. The predicted octanol–water partition coefficient (Wildman–Crippen LogP) is 4.22. The monoisotopic (exact) mass is 365 g/mol. The van der Waals surface area contributed by atoms with Gasteiger partial charge in [0, 0.05) is 6.54 Å². The van der Waals surface area contributed by atoms with Gasteiger partial charge in [-0.2, -0.15) is 0 Å². The third kappa shape index (κ3) is 4.25. The van der Waals surface area contributed by atoms with Crippen LogP contribution in [-0.2, 0) is 11.3 Å². The van der Waals surface area contributed by atoms with Crippen LogP contribution in [-0.4, -0.2) is 29.2 Å². The van der Waals surface area contributed by atoms with Crippen LogP contribution in [0.1, 0.15) is 69.2 Å². The first-order valence-electron chi connectivity index (χ1n) is 9.33. The van der Waals surface area contributed by atoms with E-state index in [1.807, 2.05) is 30.3 Å². The van der Waals surface area contributed by atoms with Crippen molar-refractivity contribution in [3.05, 3.63) is 70.8 Å². The van der Waals surface area contributed by atoms with E-state index in [1.54, 1.807) is 6.07 Å². The van der Waals surface area contributed by atoms with Crippen molar-refractivity contribution < 1.29 is 19.1 Å². The summed E-state index contributed by atoms with van der Waals surface area (Å²) in [5.41, 5.74) is 1.80. The number of unbranched alkanes of at least 4 members (excludes halogenated alkanes) is 3. The van der Waals surface area contributed by atoms with Gasteiger partial charge in [-0.1, -0.05) is 56.5 Å². The number of esters is 1. The van der Waals surface area contributed by atoms with Crippen molar-refractivity contribution in [2.24, 2.45) is 0 Å². The molecule has 0 N–H and O–H groups in total. The second kappa shape index (κ2) is 8.62. The Kier molecular flexibility index (Phi) is 6.01. The van der Waals surface area contributed by atoms with E-state index < -0.39 is 5.97 Å². The van der Waals surface area contributed by atoms with Gasteiger partial charge in [0.15, 0.2) is 0 Å². The fraction of sp³-hybridized carbons (Fsp3) is 0.318. The van der Waals surface area contributed by atoms with Gasteiger partial charge in [0.05, 0.1) is 16.7 Å². The van der Waals surface area contributed by atoms with Gasteiger partial charge in [0.1, 0.15) is 6.61 Å². The SMILES string of the molecule is CCCCCCN1C(=O)c2ccc(C(=O)OCc3ccccc3)cc2C1=O. The summed E-state index contributed by atoms with van der Waals surface area (Å²) in [6, 6.07) is 13.9. The fourth-order valence-electron chi connectivity index (χ4n) is 3.12. The highest BCUT2D eigenvalue weighted by molar-refractivity contribution is 6.21. The predicted molar refractivity (Wildman–Crippen MR) is 102 cm³/mol. The first-order valence-corrected chi connectivity index (χ1v) is 9.33. The summed E-state index contributed by atoms with van der Waals surface area (Å²) in [5.74, 6) is -1.12. The molecule has 0 spiro atoms. The Morgan fingerprint density at radius 3 is 2.41 bits per heavy atom. The zero-order valence-electron chi connectivity index (χ0n) is 15.4. The lowest BCUT2D eigenvalue weighted by Gasteiger charge is -2.13. The maximum atomic E-state index is 12.6. The summed E-state index contributed by atoms with van der Waals surface area (Å²) in [5, 5.41) is 0. The van der Waals surface area contributed by atoms with Gasteiger partial charge in [-0.15, -0.1) is 0 Å². The Morgan fingerprint density at radius 2 is 1.67 bits per heavy atom. The number of carbonyl (C=O) groups excluding carboxylic acids is 3. The van der Waals surface area contributed by atoms with Crippen molar-refractivity contribution in [2.75, 3.05) is 6.54 Å². The molecule has 0 atom stereocenters. The molecule has 2 amide bonds. The quantitative estimate of drug-likeness (QED) is 0.399. The van der Waals surface area contributed by atoms with Gasteiger partial charge in [0.25, 0.3) is 11.8 Å². The molecule has 0 aromatic heterocycles. The number of imide groups is 1. The second-order valence-electron chi connectivity index (χ2n) is 6.64. The molecule has 5 heteroatoms. The van der Waals surface area contributed by atoms with Gasteiger partial charge in [0.2, 0.25) is 0 Å². The van der Waals surface area contributed by atoms with E-state index in [0.29, 0.717) is 12.1 Å². The summed E-state index contributed by atoms with van der Waals surface area (Å²) in [6.45, 7) is 2.69. The summed E-state index contributed by atoms with van der Waals surface area (Å²) >= 11 is 0. The minimum Gasteiger partial charge on any atom is -0.457 e. The van der Waals surface area contributed by atoms with E-state index in [-0.39, 0.29) is 29.5 Å². The molecule has 3 rings (SSSR count). The van der Waals surface area contributed by atoms with Gasteiger partial charge >= 0.3 is 5.97 Å². The molecular formula is C22H23NO4. The molecule has 1 aliphatic heterocycles. The Labute approximate surface area is 158 Å². The van der Waals surface area contributed by atoms with Crippen molar-refractivity contribution in [3.63, 3.8) is 0 Å². The van der Waals surface area contributed by atoms with Gasteiger partial charge < -0.3 is 4.74 Å². The number of rotatable bonds is 8. The van der Waals surface area contributed by atoms with Gasteiger partial charge in [-0.25, -0.2) is 4.79 Å². The molecule has 0 saturated heterocycles. The molecule has 27 heavy (non-hydrogen) atoms. The van der Waals surface area contributed by atoms with Crippen LogP contribution >= 0.6 is 0 Å². The molecule has 0 fully saturated rings. The second-order valence-corrected chi connectivity index (χ2v) is 6.64. The maximum Gasteiger partial charge on any atom is 0.338 e. The van der Waals surface area contributed by atoms with Crippen molar-refractivity contribution in [2.45, 2.75) is 39.2 Å². The highest BCUT2D eigenvalue weighted by Crippen LogP contribution is 2.25. The average Bonchev–Trinajstić information content (AvgIpc) is 2.94. The number of carbonyl (C=O) groups is 3. The van der Waals surface area contributed by atoms with Crippen LogP contribution in [0, 0.1) is 0 Å². The number of nitrogens with zero attached hydrogens (tertiary/aromatic N) is 1. The third-order valence-electron chi connectivity index (χ3n) is 4.65. The van der Waals surface area contributed by atoms with Crippen molar-refractivity contribution in [1.82, 2.24) is 4.90 Å². The first-order chi connectivity index (χ1) is 13.1. The van der Waals surface area contributed by atoms with Crippen molar-refractivity contribution >= 4 is 17.8 Å². The molecule has 2 aromatic carbocycles. The van der Waals surface area contributed by atoms with E-state index in [0.717, 1.165) is 31.2 Å². The number of ether oxygens (including phenoxy) is 1. The smallest absolute Gasteiger partial charge is 0.338 e. The van der Waals surface area contributed by atoms with Crippen LogP contribution in [0.5, 0.6) is 0 Å². The summed E-state index contributed by atoms with van der Waals surface area (Å²) < 4.78 is 5.31. The lowest BCUT2D eigenvalue weighted by molar-refractivity contribution is 0.0472. The lowest BCUT2D eigenvalue weighted by atomic mass is 10.1. The largest absolute Gasteiger partial charge is 0.457 e. The Balaban J connectivity index is 1.67. The number of fused-ring (bicyclic) bond motifs is 1. The fourth-order valence-corrected chi connectivity index (χ4v) is 3.12. The van der Waals surface area contributed by atoms with Crippen LogP contribution in [0.3, 0.4) is 0 Å².